The molecule has 22 nitrogen and oxygen atoms in total. The molecule has 0 saturated carbocycles. The molecule has 10 atom stereocenters. The van der Waals surface area contributed by atoms with Crippen molar-refractivity contribution in [2.45, 2.75) is 87.8 Å². The average Bonchev–Trinajstić information content (AvgIpc) is 1.40. The Bertz CT molecular complexity index is 3920. The third-order valence-electron chi connectivity index (χ3n) is 18.8. The first-order chi connectivity index (χ1) is 45.7. The summed E-state index contributed by atoms with van der Waals surface area (Å²) < 4.78 is 24.1. The maximum Gasteiger partial charge on any atom is 0.238 e. The molecule has 4 saturated heterocycles. The number of carbonyl (C=O) groups excluding carboxylic acids is 3. The van der Waals surface area contributed by atoms with Crippen LogP contribution in [0.2, 0.25) is 0 Å². The van der Waals surface area contributed by atoms with E-state index in [2.05, 4.69) is 116 Å². The number of piperazine rings is 2. The first-order valence-corrected chi connectivity index (χ1v) is 32.5. The lowest BCUT2D eigenvalue weighted by Crippen LogP contribution is -2.69. The van der Waals surface area contributed by atoms with Crippen molar-refractivity contribution in [3.63, 3.8) is 0 Å². The zero-order chi connectivity index (χ0) is 65.6. The Hall–Kier alpha value is -8.07. The number of benzene rings is 3. The molecule has 94 heavy (non-hydrogen) atoms. The molecule has 3 aromatic heterocycles. The third kappa shape index (κ3) is 14.4. The van der Waals surface area contributed by atoms with Gasteiger partial charge in [-0.15, -0.1) is 0 Å². The Balaban J connectivity index is 0.736. The normalized spacial score (nSPS) is 24.8. The van der Waals surface area contributed by atoms with Gasteiger partial charge in [0.15, 0.2) is 6.29 Å². The predicted octanol–water partition coefficient (Wildman–Crippen LogP) is 5.25. The standard InChI is InChI=1S/C72H85N11O11/c1-6-44(7-2)62-49-22-24-51(74-49)63(45-14-10-8-11-15-45)53-26-28-55(76-53)65(56-29-27-54(77-56)64(46-16-12-9-13-17-46)52-25-23-50(62)75-52)47-18-20-48(21-19-47)73-59(86)38-82-34-36-83(37-35-82)40-61(88)79-67-69(90)70(91-5)57(41-84)93-72(67)94-71-58(42-85)92-43(3)66(68(71)89)78-60(87)39-81-32-30-80(4)31-33-81/h6-22,24,26-29,43,57-58,66-72,74,77,84-85,89-90H,1,23,25,30-42H2,2-5H3,(H,73,86)(H,78,87)(H,79,88)/b44-7+,62-49?,62-50?,63-51?,63-53?,64-52?,64-54?,65-55?,65-56?/t43-,57?,58?,66?,67?,68+,69+,70+,71+,72-/m0/s1. The van der Waals surface area contributed by atoms with E-state index in [0.29, 0.717) is 45.0 Å². The number of aliphatic hydroxyl groups is 4. The van der Waals surface area contributed by atoms with Crippen LogP contribution in [0.15, 0.2) is 128 Å². The van der Waals surface area contributed by atoms with Crippen molar-refractivity contribution in [3.8, 4) is 33.4 Å². The van der Waals surface area contributed by atoms with Gasteiger partial charge in [-0.3, -0.25) is 34.1 Å². The number of hydrogen-bond acceptors (Lipinski definition) is 17. The number of fused-ring (bicyclic) bond motifs is 8. The first kappa shape index (κ1) is 66.0. The Kier molecular flexibility index (Phi) is 20.8. The summed E-state index contributed by atoms with van der Waals surface area (Å²) in [5.74, 6) is -0.986. The first-order valence-electron chi connectivity index (χ1n) is 32.5. The van der Waals surface area contributed by atoms with Crippen molar-refractivity contribution >= 4 is 63.2 Å². The fourth-order valence-corrected chi connectivity index (χ4v) is 13.8. The second kappa shape index (κ2) is 29.7. The van der Waals surface area contributed by atoms with E-state index in [-0.39, 0.29) is 31.4 Å². The monoisotopic (exact) mass is 1280 g/mol. The smallest absolute Gasteiger partial charge is 0.238 e. The van der Waals surface area contributed by atoms with Gasteiger partial charge in [0.2, 0.25) is 17.7 Å². The molecule has 4 fully saturated rings. The van der Waals surface area contributed by atoms with Gasteiger partial charge in [-0.2, -0.15) is 0 Å². The van der Waals surface area contributed by atoms with Crippen molar-refractivity contribution in [2.24, 2.45) is 0 Å². The van der Waals surface area contributed by atoms with Crippen LogP contribution in [-0.2, 0) is 46.2 Å². The fraction of sp³-hybridized carbons (Fsp3) is 0.403. The highest BCUT2D eigenvalue weighted by Gasteiger charge is 2.52. The van der Waals surface area contributed by atoms with Gasteiger partial charge in [-0.05, 0) is 105 Å². The number of nitrogens with zero attached hydrogens (tertiary/aromatic N) is 6. The Morgan fingerprint density at radius 3 is 1.67 bits per heavy atom. The minimum Gasteiger partial charge on any atom is -0.394 e. The number of aliphatic hydroxyl groups excluding tert-OH is 4. The van der Waals surface area contributed by atoms with Crippen LogP contribution in [0.1, 0.15) is 42.2 Å². The molecule has 4 unspecified atom stereocenters. The minimum atomic E-state index is -1.46. The van der Waals surface area contributed by atoms with E-state index < -0.39 is 80.2 Å². The fourth-order valence-electron chi connectivity index (χ4n) is 13.8. The highest BCUT2D eigenvalue weighted by molar-refractivity contribution is 5.98. The zero-order valence-electron chi connectivity index (χ0n) is 53.6. The van der Waals surface area contributed by atoms with E-state index >= 15 is 0 Å². The largest absolute Gasteiger partial charge is 0.394 e. The SMILES string of the molecule is C=C/C(=C\C)c1c2nc(c(-c3ccccc3)c3ccc([nH]3)c(-c3ccc(NC(=O)CN4CCN(CC(=O)NC5[C@H](O[C@@H]6C(CO)O[C@@H](C)C(NC(=O)CN7CCN(C)CC7)[C@H]6O)OC(CO)[C@@H](OC)[C@@H]5O)CC4)cc3)c3nc(c(-c4ccccc4)c4ccc1[nH]4)C=C3)CC2. The molecular weight excluding hydrogens is 1190 g/mol. The quantitative estimate of drug-likeness (QED) is 0.0468. The Morgan fingerprint density at radius 1 is 0.617 bits per heavy atom. The number of aryl methyl sites for hydroxylation is 2. The van der Waals surface area contributed by atoms with Gasteiger partial charge in [0.25, 0.3) is 0 Å². The zero-order valence-corrected chi connectivity index (χ0v) is 53.6. The highest BCUT2D eigenvalue weighted by atomic mass is 16.7. The number of ether oxygens (including phenoxy) is 4. The van der Waals surface area contributed by atoms with Gasteiger partial charge in [0, 0.05) is 109 Å². The Labute approximate surface area is 546 Å². The molecule has 0 spiro atoms. The van der Waals surface area contributed by atoms with E-state index in [1.54, 1.807) is 6.92 Å². The molecule has 12 rings (SSSR count). The number of likely N-dealkylation sites (N-methyl/N-ethyl adjacent to an activating group) is 1. The van der Waals surface area contributed by atoms with Crippen LogP contribution in [-0.4, -0.2) is 238 Å². The predicted molar refractivity (Wildman–Crippen MR) is 362 cm³/mol. The molecule has 6 aliphatic heterocycles. The summed E-state index contributed by atoms with van der Waals surface area (Å²) >= 11 is 0. The number of allylic oxidation sites excluding steroid dienone is 3. The van der Waals surface area contributed by atoms with Crippen LogP contribution in [0.25, 0.3) is 73.2 Å². The van der Waals surface area contributed by atoms with E-state index in [4.69, 9.17) is 28.9 Å². The van der Waals surface area contributed by atoms with E-state index in [9.17, 15) is 34.8 Å². The lowest BCUT2D eigenvalue weighted by atomic mass is 9.92. The molecule has 22 heteroatoms. The summed E-state index contributed by atoms with van der Waals surface area (Å²) in [4.78, 5) is 67.8. The van der Waals surface area contributed by atoms with Gasteiger partial charge >= 0.3 is 0 Å². The summed E-state index contributed by atoms with van der Waals surface area (Å²) in [6.45, 7) is 11.9. The maximum atomic E-state index is 14.0. The second-order valence-electron chi connectivity index (χ2n) is 25.0. The molecule has 0 aliphatic carbocycles. The molecule has 3 amide bonds. The number of hydrogen-bond donors (Lipinski definition) is 9. The maximum absolute atomic E-state index is 14.0. The lowest BCUT2D eigenvalue weighted by Gasteiger charge is -2.48. The number of nitrogens with one attached hydrogen (secondary N) is 5. The summed E-state index contributed by atoms with van der Waals surface area (Å²) in [6, 6.07) is 34.7. The molecule has 8 bridgehead atoms. The molecule has 6 aromatic rings. The van der Waals surface area contributed by atoms with Crippen LogP contribution in [0.5, 0.6) is 0 Å². The van der Waals surface area contributed by atoms with Gasteiger partial charge in [-0.1, -0.05) is 91.5 Å². The molecule has 6 aliphatic rings. The number of carbonyl (C=O) groups is 3. The van der Waals surface area contributed by atoms with Gasteiger partial charge in [0.05, 0.1) is 67.8 Å². The molecule has 9 heterocycles. The number of methoxy groups -OCH3 is 1. The minimum absolute atomic E-state index is 0.0731. The number of aromatic amines is 2. The number of anilines is 1. The van der Waals surface area contributed by atoms with Crippen LogP contribution >= 0.6 is 0 Å². The second-order valence-corrected chi connectivity index (χ2v) is 25.0. The third-order valence-corrected chi connectivity index (χ3v) is 18.8. The summed E-state index contributed by atoms with van der Waals surface area (Å²) in [5.41, 5.74) is 15.6. The van der Waals surface area contributed by atoms with Crippen molar-refractivity contribution in [3.05, 3.63) is 156 Å². The number of aromatic nitrogens is 4. The lowest BCUT2D eigenvalue weighted by molar-refractivity contribution is -0.315. The molecule has 9 N–H and O–H groups in total. The van der Waals surface area contributed by atoms with Gasteiger partial charge in [0.1, 0.15) is 42.7 Å². The molecule has 0 radical (unpaired) electrons. The van der Waals surface area contributed by atoms with Crippen LogP contribution < -0.4 is 16.0 Å². The van der Waals surface area contributed by atoms with Crippen LogP contribution in [0.3, 0.4) is 0 Å². The van der Waals surface area contributed by atoms with Crippen molar-refractivity contribution in [1.82, 2.24) is 50.2 Å². The van der Waals surface area contributed by atoms with Crippen molar-refractivity contribution < 1.29 is 53.8 Å². The van der Waals surface area contributed by atoms with Crippen molar-refractivity contribution in [1.29, 1.82) is 0 Å². The van der Waals surface area contributed by atoms with Crippen molar-refractivity contribution in [2.75, 3.05) is 105 Å². The Morgan fingerprint density at radius 2 is 1.11 bits per heavy atom. The number of amides is 3. The number of H-pyrrole nitrogens is 2. The van der Waals surface area contributed by atoms with E-state index in [1.807, 2.05) is 83.3 Å². The molecular formula is C72H85N11O11. The van der Waals surface area contributed by atoms with Crippen LogP contribution in [0, 0.1) is 0 Å². The van der Waals surface area contributed by atoms with Crippen LogP contribution in [0.4, 0.5) is 5.69 Å². The molecule has 3 aromatic carbocycles. The summed E-state index contributed by atoms with van der Waals surface area (Å²) in [7, 11) is 3.37. The average molecular weight is 1280 g/mol. The van der Waals surface area contributed by atoms with E-state index in [1.165, 1.54) is 7.11 Å². The topological polar surface area (TPSA) is 275 Å². The summed E-state index contributed by atoms with van der Waals surface area (Å²) in [5, 5.41) is 53.2. The van der Waals surface area contributed by atoms with Gasteiger partial charge < -0.3 is 70.2 Å². The number of rotatable bonds is 19. The van der Waals surface area contributed by atoms with Gasteiger partial charge in [-0.25, -0.2) is 4.98 Å². The highest BCUT2D eigenvalue weighted by Crippen LogP contribution is 2.39. The molecule has 494 valence electrons. The van der Waals surface area contributed by atoms with E-state index in [0.717, 1.165) is 115 Å². The summed E-state index contributed by atoms with van der Waals surface area (Å²) in [6.07, 6.45) is 0.0144.